The van der Waals surface area contributed by atoms with Crippen molar-refractivity contribution < 1.29 is 19.8 Å². The number of carboxylic acids is 2. The van der Waals surface area contributed by atoms with Gasteiger partial charge in [0.15, 0.2) is 0 Å². The second-order valence-corrected chi connectivity index (χ2v) is 6.64. The molecule has 0 spiro atoms. The van der Waals surface area contributed by atoms with Gasteiger partial charge < -0.3 is 15.9 Å². The van der Waals surface area contributed by atoms with Crippen molar-refractivity contribution >= 4 is 23.3 Å². The zero-order valence-electron chi connectivity index (χ0n) is 13.6. The second kappa shape index (κ2) is 9.10. The van der Waals surface area contributed by atoms with Crippen LogP contribution in [0.3, 0.4) is 0 Å². The summed E-state index contributed by atoms with van der Waals surface area (Å²) in [6, 6.07) is 8.60. The largest absolute Gasteiger partial charge is 0.478 e. The molecule has 4 N–H and O–H groups in total. The van der Waals surface area contributed by atoms with E-state index < -0.39 is 11.9 Å². The van der Waals surface area contributed by atoms with E-state index in [1.54, 1.807) is 0 Å². The van der Waals surface area contributed by atoms with Gasteiger partial charge in [0.2, 0.25) is 0 Å². The fourth-order valence-electron chi connectivity index (χ4n) is 2.48. The Bertz CT molecular complexity index is 767. The maximum atomic E-state index is 9.55. The number of nitrogens with two attached hydrogens (primary N) is 1. The second-order valence-electron chi connectivity index (χ2n) is 5.47. The number of hydrogen-bond acceptors (Lipinski definition) is 5. The van der Waals surface area contributed by atoms with E-state index in [4.69, 9.17) is 20.9 Å². The summed E-state index contributed by atoms with van der Waals surface area (Å²) in [7, 11) is 0. The van der Waals surface area contributed by atoms with Gasteiger partial charge in [-0.3, -0.25) is 0 Å². The van der Waals surface area contributed by atoms with Gasteiger partial charge in [-0.2, -0.15) is 0 Å². The SMILES string of the molecule is NCCCCc1nc2c(s1)Cc1ccccc1-2.O=C(O)C=CC(=O)O. The van der Waals surface area contributed by atoms with E-state index in [0.29, 0.717) is 12.2 Å². The summed E-state index contributed by atoms with van der Waals surface area (Å²) in [5, 5.41) is 16.9. The molecule has 0 bridgehead atoms. The van der Waals surface area contributed by atoms with Crippen LogP contribution in [0.5, 0.6) is 0 Å². The molecule has 0 amide bonds. The Kier molecular flexibility index (Phi) is 6.85. The third-order valence-electron chi connectivity index (χ3n) is 3.58. The monoisotopic (exact) mass is 360 g/mol. The minimum atomic E-state index is -1.26. The van der Waals surface area contributed by atoms with Crippen LogP contribution in [0.15, 0.2) is 36.4 Å². The van der Waals surface area contributed by atoms with Crippen LogP contribution in [0.1, 0.15) is 28.3 Å². The lowest BCUT2D eigenvalue weighted by atomic mass is 10.1. The molecule has 132 valence electrons. The molecule has 1 aromatic heterocycles. The summed E-state index contributed by atoms with van der Waals surface area (Å²) in [4.78, 5) is 25.3. The van der Waals surface area contributed by atoms with Gasteiger partial charge in [0, 0.05) is 29.0 Å². The number of carboxylic acid groups (broad SMARTS) is 2. The molecular weight excluding hydrogens is 340 g/mol. The average molecular weight is 360 g/mol. The molecule has 0 atom stereocenters. The molecule has 1 aliphatic rings. The van der Waals surface area contributed by atoms with E-state index in [2.05, 4.69) is 24.3 Å². The highest BCUT2D eigenvalue weighted by Gasteiger charge is 2.22. The molecule has 1 heterocycles. The first kappa shape index (κ1) is 18.8. The van der Waals surface area contributed by atoms with E-state index in [9.17, 15) is 9.59 Å². The van der Waals surface area contributed by atoms with E-state index in [0.717, 1.165) is 32.2 Å². The number of carbonyl (C=O) groups is 2. The van der Waals surface area contributed by atoms with Crippen LogP contribution in [0.4, 0.5) is 0 Å². The van der Waals surface area contributed by atoms with Gasteiger partial charge in [-0.25, -0.2) is 14.6 Å². The summed E-state index contributed by atoms with van der Waals surface area (Å²) in [6.07, 6.45) is 5.52. The van der Waals surface area contributed by atoms with Crippen molar-refractivity contribution in [1.29, 1.82) is 0 Å². The first-order valence-corrected chi connectivity index (χ1v) is 8.73. The zero-order valence-corrected chi connectivity index (χ0v) is 14.5. The first-order valence-electron chi connectivity index (χ1n) is 7.92. The number of aryl methyl sites for hydroxylation is 1. The van der Waals surface area contributed by atoms with Gasteiger partial charge in [-0.05, 0) is 31.4 Å². The Morgan fingerprint density at radius 1 is 1.16 bits per heavy atom. The molecule has 0 aliphatic heterocycles. The number of aliphatic carboxylic acids is 2. The summed E-state index contributed by atoms with van der Waals surface area (Å²) < 4.78 is 0. The highest BCUT2D eigenvalue weighted by molar-refractivity contribution is 7.12. The summed E-state index contributed by atoms with van der Waals surface area (Å²) in [5.74, 6) is -2.51. The van der Waals surface area contributed by atoms with Gasteiger partial charge in [-0.15, -0.1) is 11.3 Å². The normalized spacial score (nSPS) is 11.6. The highest BCUT2D eigenvalue weighted by Crippen LogP contribution is 2.39. The molecule has 2 aromatic rings. The number of aromatic nitrogens is 1. The molecule has 0 fully saturated rings. The van der Waals surface area contributed by atoms with Crippen LogP contribution in [0.2, 0.25) is 0 Å². The average Bonchev–Trinajstić information content (AvgIpc) is 3.11. The van der Waals surface area contributed by atoms with E-state index >= 15 is 0 Å². The predicted molar refractivity (Wildman–Crippen MR) is 96.8 cm³/mol. The number of fused-ring (bicyclic) bond motifs is 3. The third-order valence-corrected chi connectivity index (χ3v) is 4.69. The van der Waals surface area contributed by atoms with Crippen molar-refractivity contribution in [2.45, 2.75) is 25.7 Å². The van der Waals surface area contributed by atoms with Crippen molar-refractivity contribution in [3.05, 3.63) is 51.9 Å². The van der Waals surface area contributed by atoms with Crippen molar-refractivity contribution in [2.75, 3.05) is 6.54 Å². The first-order chi connectivity index (χ1) is 12.0. The molecular formula is C18H20N2O4S. The van der Waals surface area contributed by atoms with E-state index in [1.807, 2.05) is 11.3 Å². The number of benzene rings is 1. The Hall–Kier alpha value is -2.51. The summed E-state index contributed by atoms with van der Waals surface area (Å²) in [6.45, 7) is 0.786. The summed E-state index contributed by atoms with van der Waals surface area (Å²) in [5.41, 5.74) is 9.50. The Labute approximate surface area is 149 Å². The van der Waals surface area contributed by atoms with Gasteiger partial charge in [0.25, 0.3) is 0 Å². The molecule has 1 aromatic carbocycles. The summed E-state index contributed by atoms with van der Waals surface area (Å²) >= 11 is 1.88. The molecule has 6 nitrogen and oxygen atoms in total. The lowest BCUT2D eigenvalue weighted by molar-refractivity contribution is -0.134. The highest BCUT2D eigenvalue weighted by atomic mass is 32.1. The maximum Gasteiger partial charge on any atom is 0.328 e. The van der Waals surface area contributed by atoms with Crippen molar-refractivity contribution in [3.8, 4) is 11.3 Å². The van der Waals surface area contributed by atoms with Crippen LogP contribution < -0.4 is 5.73 Å². The zero-order chi connectivity index (χ0) is 18.2. The number of thiazole rings is 1. The topological polar surface area (TPSA) is 114 Å². The lowest BCUT2D eigenvalue weighted by Crippen LogP contribution is -1.98. The Morgan fingerprint density at radius 3 is 2.48 bits per heavy atom. The number of unbranched alkanes of at least 4 members (excludes halogenated alkanes) is 1. The van der Waals surface area contributed by atoms with Gasteiger partial charge in [-0.1, -0.05) is 24.3 Å². The molecule has 7 heteroatoms. The fourth-order valence-corrected chi connectivity index (χ4v) is 3.63. The van der Waals surface area contributed by atoms with Gasteiger partial charge >= 0.3 is 11.9 Å². The molecule has 0 radical (unpaired) electrons. The Balaban J connectivity index is 0.000000242. The smallest absolute Gasteiger partial charge is 0.328 e. The van der Waals surface area contributed by atoms with Gasteiger partial charge in [0.05, 0.1) is 10.7 Å². The lowest BCUT2D eigenvalue weighted by Gasteiger charge is -1.98. The molecule has 0 unspecified atom stereocenters. The van der Waals surface area contributed by atoms with Crippen molar-refractivity contribution in [3.63, 3.8) is 0 Å². The van der Waals surface area contributed by atoms with Crippen LogP contribution >= 0.6 is 11.3 Å². The number of nitrogens with zero attached hydrogens (tertiary/aromatic N) is 1. The molecule has 25 heavy (non-hydrogen) atoms. The molecule has 0 saturated heterocycles. The number of hydrogen-bond donors (Lipinski definition) is 3. The number of rotatable bonds is 6. The molecule has 0 saturated carbocycles. The minimum Gasteiger partial charge on any atom is -0.478 e. The minimum absolute atomic E-state index is 0.558. The van der Waals surface area contributed by atoms with E-state index in [1.165, 1.54) is 26.7 Å². The van der Waals surface area contributed by atoms with Crippen LogP contribution in [0, 0.1) is 0 Å². The third kappa shape index (κ3) is 5.51. The maximum absolute atomic E-state index is 9.55. The predicted octanol–water partition coefficient (Wildman–Crippen LogP) is 2.71. The Morgan fingerprint density at radius 2 is 1.84 bits per heavy atom. The molecule has 1 aliphatic carbocycles. The van der Waals surface area contributed by atoms with Crippen LogP contribution in [0.25, 0.3) is 11.3 Å². The van der Waals surface area contributed by atoms with Crippen molar-refractivity contribution in [2.24, 2.45) is 5.73 Å². The molecule has 3 rings (SSSR count). The van der Waals surface area contributed by atoms with Gasteiger partial charge in [0.1, 0.15) is 0 Å². The van der Waals surface area contributed by atoms with Crippen molar-refractivity contribution in [1.82, 2.24) is 4.98 Å². The standard InChI is InChI=1S/C14H16N2S.C4H4O4/c15-8-4-3-7-13-16-14-11-6-2-1-5-10(11)9-12(14)17-13;5-3(6)1-2-4(7)8/h1-2,5-6H,3-4,7-9,15H2;1-2H,(H,5,6)(H,7,8). The van der Waals surface area contributed by atoms with Crippen LogP contribution in [-0.2, 0) is 22.4 Å². The quantitative estimate of drug-likeness (QED) is 0.460. The van der Waals surface area contributed by atoms with E-state index in [-0.39, 0.29) is 0 Å². The fraction of sp³-hybridized carbons (Fsp3) is 0.278. The van der Waals surface area contributed by atoms with Crippen LogP contribution in [-0.4, -0.2) is 33.7 Å².